The molecule has 164 valence electrons. The maximum Gasteiger partial charge on any atom is 0.246 e. The largest absolute Gasteiger partial charge is 0.378 e. The van der Waals surface area contributed by atoms with Gasteiger partial charge in [0.15, 0.2) is 0 Å². The Morgan fingerprint density at radius 1 is 1.00 bits per heavy atom. The van der Waals surface area contributed by atoms with Crippen LogP contribution in [0.5, 0.6) is 0 Å². The van der Waals surface area contributed by atoms with Crippen molar-refractivity contribution in [3.63, 3.8) is 0 Å². The Kier molecular flexibility index (Phi) is 5.24. The zero-order chi connectivity index (χ0) is 21.4. The minimum atomic E-state index is -0.909. The molecular formula is C21H25F2N7O. The van der Waals surface area contributed by atoms with Gasteiger partial charge in [-0.2, -0.15) is 18.7 Å². The van der Waals surface area contributed by atoms with Crippen LogP contribution < -0.4 is 10.2 Å². The Morgan fingerprint density at radius 3 is 2.42 bits per heavy atom. The van der Waals surface area contributed by atoms with Crippen LogP contribution >= 0.6 is 0 Å². The van der Waals surface area contributed by atoms with E-state index in [9.17, 15) is 8.78 Å². The van der Waals surface area contributed by atoms with E-state index in [1.54, 1.807) is 0 Å². The Labute approximate surface area is 179 Å². The number of aromatic nitrogens is 4. The molecule has 10 heteroatoms. The number of benzene rings is 1. The van der Waals surface area contributed by atoms with Crippen LogP contribution in [-0.4, -0.2) is 70.1 Å². The highest BCUT2D eigenvalue weighted by Crippen LogP contribution is 2.26. The molecule has 0 aliphatic carbocycles. The highest BCUT2D eigenvalue weighted by Gasteiger charge is 2.29. The van der Waals surface area contributed by atoms with Crippen LogP contribution in [0.3, 0.4) is 0 Å². The van der Waals surface area contributed by atoms with E-state index in [-0.39, 0.29) is 7.11 Å². The Balaban J connectivity index is 0.00000245. The average molecular weight is 429 g/mol. The van der Waals surface area contributed by atoms with Crippen molar-refractivity contribution in [1.82, 2.24) is 24.6 Å². The number of rotatable bonds is 5. The highest BCUT2D eigenvalue weighted by atomic mass is 19.1. The third-order valence-electron chi connectivity index (χ3n) is 5.64. The van der Waals surface area contributed by atoms with Crippen LogP contribution in [0.4, 0.5) is 26.1 Å². The van der Waals surface area contributed by atoms with E-state index in [4.69, 9.17) is 4.74 Å². The van der Waals surface area contributed by atoms with E-state index < -0.39 is 11.9 Å². The molecule has 4 heterocycles. The molecule has 31 heavy (non-hydrogen) atoms. The lowest BCUT2D eigenvalue weighted by Gasteiger charge is -2.43. The fourth-order valence-electron chi connectivity index (χ4n) is 3.96. The molecule has 0 spiro atoms. The minimum Gasteiger partial charge on any atom is -0.378 e. The van der Waals surface area contributed by atoms with Gasteiger partial charge in [-0.05, 0) is 30.7 Å². The van der Waals surface area contributed by atoms with Crippen molar-refractivity contribution >= 4 is 17.3 Å². The smallest absolute Gasteiger partial charge is 0.246 e. The molecule has 2 aromatic heterocycles. The molecule has 2 aliphatic rings. The van der Waals surface area contributed by atoms with E-state index in [1.165, 1.54) is 11.0 Å². The van der Waals surface area contributed by atoms with Gasteiger partial charge in [0.25, 0.3) is 0 Å². The highest BCUT2D eigenvalue weighted by molar-refractivity contribution is 5.64. The second-order valence-corrected chi connectivity index (χ2v) is 7.88. The van der Waals surface area contributed by atoms with Gasteiger partial charge in [0, 0.05) is 51.1 Å². The summed E-state index contributed by atoms with van der Waals surface area (Å²) in [6.45, 7) is 7.71. The number of hydrogen-bond acceptors (Lipinski definition) is 7. The fraction of sp³-hybridized carbons (Fsp3) is 0.381. The van der Waals surface area contributed by atoms with Crippen molar-refractivity contribution in [2.75, 3.05) is 49.6 Å². The van der Waals surface area contributed by atoms with Crippen molar-refractivity contribution in [1.29, 1.82) is 0 Å². The molecule has 1 aromatic carbocycles. The number of aryl methyl sites for hydroxylation is 1. The second kappa shape index (κ2) is 8.20. The quantitative estimate of drug-likeness (QED) is 0.626. The molecule has 2 saturated heterocycles. The first-order chi connectivity index (χ1) is 15.0. The molecule has 3 aromatic rings. The van der Waals surface area contributed by atoms with Gasteiger partial charge in [-0.15, -0.1) is 5.10 Å². The van der Waals surface area contributed by atoms with Crippen molar-refractivity contribution in [3.8, 4) is 5.69 Å². The van der Waals surface area contributed by atoms with Crippen LogP contribution in [0, 0.1) is 18.8 Å². The number of piperazine rings is 1. The van der Waals surface area contributed by atoms with Crippen molar-refractivity contribution in [2.45, 2.75) is 13.0 Å². The topological polar surface area (TPSA) is 71.3 Å². The third kappa shape index (κ3) is 4.35. The van der Waals surface area contributed by atoms with Crippen molar-refractivity contribution in [3.05, 3.63) is 54.1 Å². The zero-order valence-corrected chi connectivity index (χ0v) is 17.1. The van der Waals surface area contributed by atoms with Crippen LogP contribution in [0.2, 0.25) is 0 Å². The van der Waals surface area contributed by atoms with Gasteiger partial charge in [0.2, 0.25) is 17.8 Å². The molecule has 0 amide bonds. The summed E-state index contributed by atoms with van der Waals surface area (Å²) in [5, 5.41) is 7.47. The fourth-order valence-corrected chi connectivity index (χ4v) is 3.96. The van der Waals surface area contributed by atoms with E-state index >= 15 is 0 Å². The summed E-state index contributed by atoms with van der Waals surface area (Å²) in [6.07, 6.45) is 1.40. The summed E-state index contributed by atoms with van der Waals surface area (Å²) in [6, 6.07) is 9.02. The number of nitrogens with zero attached hydrogens (tertiary/aromatic N) is 6. The lowest BCUT2D eigenvalue weighted by molar-refractivity contribution is -0.0660. The minimum absolute atomic E-state index is 0. The molecule has 0 atom stereocenters. The van der Waals surface area contributed by atoms with Gasteiger partial charge in [-0.25, -0.2) is 4.68 Å². The lowest BCUT2D eigenvalue weighted by atomic mass is 10.1. The number of ether oxygens (including phenoxy) is 1. The predicted molar refractivity (Wildman–Crippen MR) is 114 cm³/mol. The molecule has 0 radical (unpaired) electrons. The van der Waals surface area contributed by atoms with Gasteiger partial charge in [-0.1, -0.05) is 0 Å². The standard InChI is InChI=1S/C21H23F2N7O.H2/c1-14-6-15(8-16(7-14)28-2-4-29(5-3-28)18-11-31-12-18)25-21-24-13-30(27-21)17-9-19(22)26-20(23)10-17;/h6-10,13,18H,2-5,11-12H2,1H3,(H,25,27);1H. The Morgan fingerprint density at radius 2 is 1.74 bits per heavy atom. The number of nitrogens with one attached hydrogen (secondary N) is 1. The summed E-state index contributed by atoms with van der Waals surface area (Å²) in [5.41, 5.74) is 3.33. The summed E-state index contributed by atoms with van der Waals surface area (Å²) >= 11 is 0. The molecular weight excluding hydrogens is 404 g/mol. The monoisotopic (exact) mass is 429 g/mol. The molecule has 2 aliphatic heterocycles. The number of halogens is 2. The van der Waals surface area contributed by atoms with Gasteiger partial charge >= 0.3 is 0 Å². The Hall–Kier alpha value is -3.11. The summed E-state index contributed by atoms with van der Waals surface area (Å²) in [5.74, 6) is -1.48. The SMILES string of the molecule is Cc1cc(Nc2ncn(-c3cc(F)nc(F)c3)n2)cc(N2CCN(C3COC3)CC2)c1.[HH]. The third-order valence-corrected chi connectivity index (χ3v) is 5.64. The summed E-state index contributed by atoms with van der Waals surface area (Å²) < 4.78 is 33.4. The molecule has 2 fully saturated rings. The van der Waals surface area contributed by atoms with Gasteiger partial charge < -0.3 is 15.0 Å². The Bertz CT molecular complexity index is 1060. The van der Waals surface area contributed by atoms with E-state index in [2.05, 4.69) is 42.3 Å². The van der Waals surface area contributed by atoms with E-state index in [0.29, 0.717) is 12.0 Å². The van der Waals surface area contributed by atoms with Crippen molar-refractivity contribution in [2.24, 2.45) is 0 Å². The van der Waals surface area contributed by atoms with Crippen LogP contribution in [0.25, 0.3) is 5.69 Å². The molecule has 0 bridgehead atoms. The zero-order valence-electron chi connectivity index (χ0n) is 17.1. The summed E-state index contributed by atoms with van der Waals surface area (Å²) in [7, 11) is 0. The maximum absolute atomic E-state index is 13.4. The molecule has 0 unspecified atom stereocenters. The van der Waals surface area contributed by atoms with Gasteiger partial charge in [-0.3, -0.25) is 4.90 Å². The first-order valence-electron chi connectivity index (χ1n) is 10.2. The first-order valence-corrected chi connectivity index (χ1v) is 10.2. The summed E-state index contributed by atoms with van der Waals surface area (Å²) in [4.78, 5) is 12.2. The van der Waals surface area contributed by atoms with Gasteiger partial charge in [0.05, 0.1) is 24.9 Å². The van der Waals surface area contributed by atoms with Crippen molar-refractivity contribution < 1.29 is 14.9 Å². The van der Waals surface area contributed by atoms with E-state index in [1.807, 2.05) is 13.0 Å². The van der Waals surface area contributed by atoms with Crippen LogP contribution in [-0.2, 0) is 4.74 Å². The number of hydrogen-bond donors (Lipinski definition) is 1. The molecule has 1 N–H and O–H groups in total. The second-order valence-electron chi connectivity index (χ2n) is 7.88. The predicted octanol–water partition coefficient (Wildman–Crippen LogP) is 2.76. The number of anilines is 3. The van der Waals surface area contributed by atoms with Crippen LogP contribution in [0.15, 0.2) is 36.7 Å². The van der Waals surface area contributed by atoms with E-state index in [0.717, 1.165) is 68.5 Å². The average Bonchev–Trinajstić information content (AvgIpc) is 3.14. The molecule has 0 saturated carbocycles. The first kappa shape index (κ1) is 19.8. The normalized spacial score (nSPS) is 17.6. The number of pyridine rings is 1. The van der Waals surface area contributed by atoms with Crippen LogP contribution in [0.1, 0.15) is 6.99 Å². The maximum atomic E-state index is 13.4. The molecule has 8 nitrogen and oxygen atoms in total. The lowest BCUT2D eigenvalue weighted by Crippen LogP contribution is -2.56. The van der Waals surface area contributed by atoms with Gasteiger partial charge in [0.1, 0.15) is 6.33 Å². The molecule has 5 rings (SSSR count).